The minimum atomic E-state index is -1.21. The number of unbranched alkanes of at least 4 members (excludes halogenated alkanes) is 1. The molecule has 0 amide bonds. The van der Waals surface area contributed by atoms with Gasteiger partial charge in [-0.15, -0.1) is 5.10 Å². The number of carboxylic acids is 1. The van der Waals surface area contributed by atoms with Crippen LogP contribution in [-0.2, 0) is 11.2 Å². The minimum Gasteiger partial charge on any atom is -0.476 e. The lowest BCUT2D eigenvalue weighted by atomic mass is 10.1. The number of hydrogen-bond acceptors (Lipinski definition) is 4. The third-order valence-corrected chi connectivity index (χ3v) is 3.13. The van der Waals surface area contributed by atoms with Crippen LogP contribution >= 0.6 is 0 Å². The van der Waals surface area contributed by atoms with Crippen molar-refractivity contribution in [2.45, 2.75) is 19.3 Å². The Bertz CT molecular complexity index is 673. The van der Waals surface area contributed by atoms with Gasteiger partial charge < -0.3 is 9.84 Å². The molecule has 118 valence electrons. The van der Waals surface area contributed by atoms with Crippen LogP contribution in [0.4, 0.5) is 8.78 Å². The van der Waals surface area contributed by atoms with E-state index in [0.717, 1.165) is 18.6 Å². The molecule has 0 atom stereocenters. The zero-order valence-corrected chi connectivity index (χ0v) is 11.9. The fraction of sp³-hybridized carbons (Fsp3) is 0.357. The molecule has 1 aromatic carbocycles. The first-order valence-corrected chi connectivity index (χ1v) is 6.67. The Morgan fingerprint density at radius 2 is 2.09 bits per heavy atom. The lowest BCUT2D eigenvalue weighted by molar-refractivity contribution is 0.0689. The number of aromatic nitrogens is 3. The highest BCUT2D eigenvalue weighted by molar-refractivity contribution is 5.86. The van der Waals surface area contributed by atoms with Gasteiger partial charge in [-0.25, -0.2) is 18.3 Å². The lowest BCUT2D eigenvalue weighted by Gasteiger charge is -2.07. The number of benzene rings is 1. The van der Waals surface area contributed by atoms with Crippen LogP contribution in [0.15, 0.2) is 18.2 Å². The van der Waals surface area contributed by atoms with Gasteiger partial charge >= 0.3 is 5.97 Å². The summed E-state index contributed by atoms with van der Waals surface area (Å²) in [5.41, 5.74) is 0.373. The van der Waals surface area contributed by atoms with Crippen molar-refractivity contribution in [3.63, 3.8) is 0 Å². The predicted octanol–water partition coefficient (Wildman–Crippen LogP) is 2.21. The first kappa shape index (κ1) is 16.0. The maximum absolute atomic E-state index is 13.3. The Hall–Kier alpha value is -2.35. The van der Waals surface area contributed by atoms with Gasteiger partial charge in [0.2, 0.25) is 0 Å². The third kappa shape index (κ3) is 3.45. The van der Waals surface area contributed by atoms with Crippen LogP contribution in [0.5, 0.6) is 0 Å². The van der Waals surface area contributed by atoms with E-state index in [-0.39, 0.29) is 11.4 Å². The Balaban J connectivity index is 2.33. The molecule has 0 saturated heterocycles. The van der Waals surface area contributed by atoms with Crippen molar-refractivity contribution in [3.8, 4) is 5.69 Å². The standard InChI is InChI=1S/C14H15F2N3O3/c1-22-7-3-2-4-12-13(14(20)21)17-18-19(12)9-5-6-10(15)11(16)8-9/h5-6,8H,2-4,7H2,1H3,(H,20,21). The van der Waals surface area contributed by atoms with Gasteiger partial charge in [0.05, 0.1) is 11.4 Å². The van der Waals surface area contributed by atoms with E-state index in [4.69, 9.17) is 9.84 Å². The molecule has 1 aromatic heterocycles. The molecule has 0 spiro atoms. The van der Waals surface area contributed by atoms with Crippen LogP contribution in [0.1, 0.15) is 29.0 Å². The zero-order chi connectivity index (χ0) is 16.1. The molecule has 0 aliphatic heterocycles. The Morgan fingerprint density at radius 3 is 2.73 bits per heavy atom. The van der Waals surface area contributed by atoms with Crippen LogP contribution in [0.2, 0.25) is 0 Å². The second-order valence-corrected chi connectivity index (χ2v) is 4.65. The van der Waals surface area contributed by atoms with Crippen molar-refractivity contribution in [1.29, 1.82) is 0 Å². The molecule has 8 heteroatoms. The number of ether oxygens (including phenoxy) is 1. The second-order valence-electron chi connectivity index (χ2n) is 4.65. The number of aromatic carboxylic acids is 1. The fourth-order valence-corrected chi connectivity index (χ4v) is 2.06. The Morgan fingerprint density at radius 1 is 1.32 bits per heavy atom. The smallest absolute Gasteiger partial charge is 0.358 e. The number of methoxy groups -OCH3 is 1. The molecule has 0 fully saturated rings. The van der Waals surface area contributed by atoms with Crippen LogP contribution in [-0.4, -0.2) is 39.8 Å². The van der Waals surface area contributed by atoms with E-state index in [1.165, 1.54) is 10.7 Å². The van der Waals surface area contributed by atoms with Gasteiger partial charge in [0.15, 0.2) is 17.3 Å². The van der Waals surface area contributed by atoms with Gasteiger partial charge in [-0.2, -0.15) is 0 Å². The normalized spacial score (nSPS) is 10.9. The van der Waals surface area contributed by atoms with E-state index in [0.29, 0.717) is 25.1 Å². The van der Waals surface area contributed by atoms with Crippen molar-refractivity contribution < 1.29 is 23.4 Å². The monoisotopic (exact) mass is 311 g/mol. The average molecular weight is 311 g/mol. The summed E-state index contributed by atoms with van der Waals surface area (Å²) >= 11 is 0. The quantitative estimate of drug-likeness (QED) is 0.793. The van der Waals surface area contributed by atoms with Crippen LogP contribution in [0.3, 0.4) is 0 Å². The SMILES string of the molecule is COCCCCc1c(C(=O)O)nnn1-c1ccc(F)c(F)c1. The highest BCUT2D eigenvalue weighted by Gasteiger charge is 2.20. The number of carboxylic acid groups (broad SMARTS) is 1. The summed E-state index contributed by atoms with van der Waals surface area (Å²) in [4.78, 5) is 11.2. The molecule has 1 N–H and O–H groups in total. The van der Waals surface area contributed by atoms with Crippen molar-refractivity contribution in [2.75, 3.05) is 13.7 Å². The van der Waals surface area contributed by atoms with Crippen molar-refractivity contribution in [3.05, 3.63) is 41.2 Å². The molecule has 1 heterocycles. The van der Waals surface area contributed by atoms with Gasteiger partial charge in [-0.3, -0.25) is 0 Å². The van der Waals surface area contributed by atoms with Gasteiger partial charge in [0.25, 0.3) is 0 Å². The summed E-state index contributed by atoms with van der Waals surface area (Å²) < 4.78 is 32.5. The molecule has 22 heavy (non-hydrogen) atoms. The maximum atomic E-state index is 13.3. The predicted molar refractivity (Wildman–Crippen MR) is 73.0 cm³/mol. The molecule has 0 saturated carbocycles. The van der Waals surface area contributed by atoms with Crippen LogP contribution in [0.25, 0.3) is 5.69 Å². The molecule has 0 aliphatic carbocycles. The molecule has 6 nitrogen and oxygen atoms in total. The highest BCUT2D eigenvalue weighted by atomic mass is 19.2. The van der Waals surface area contributed by atoms with E-state index in [1.807, 2.05) is 0 Å². The molecular weight excluding hydrogens is 296 g/mol. The lowest BCUT2D eigenvalue weighted by Crippen LogP contribution is -2.08. The summed E-state index contributed by atoms with van der Waals surface area (Å²) in [6, 6.07) is 3.23. The first-order valence-electron chi connectivity index (χ1n) is 6.67. The van der Waals surface area contributed by atoms with Crippen LogP contribution in [0, 0.1) is 11.6 Å². The summed E-state index contributed by atoms with van der Waals surface area (Å²) in [6.45, 7) is 0.551. The van der Waals surface area contributed by atoms with Gasteiger partial charge in [-0.1, -0.05) is 5.21 Å². The first-order chi connectivity index (χ1) is 10.5. The molecule has 0 radical (unpaired) electrons. The van der Waals surface area contributed by atoms with Crippen molar-refractivity contribution in [2.24, 2.45) is 0 Å². The number of rotatable bonds is 7. The minimum absolute atomic E-state index is 0.192. The molecular formula is C14H15F2N3O3. The van der Waals surface area contributed by atoms with E-state index in [9.17, 15) is 13.6 Å². The van der Waals surface area contributed by atoms with E-state index < -0.39 is 17.6 Å². The molecule has 2 aromatic rings. The topological polar surface area (TPSA) is 77.2 Å². The summed E-state index contributed by atoms with van der Waals surface area (Å²) in [5.74, 6) is -3.23. The number of halogens is 2. The average Bonchev–Trinajstić information content (AvgIpc) is 2.90. The van der Waals surface area contributed by atoms with E-state index in [2.05, 4.69) is 10.3 Å². The van der Waals surface area contributed by atoms with E-state index >= 15 is 0 Å². The molecule has 0 aliphatic rings. The zero-order valence-electron chi connectivity index (χ0n) is 11.9. The highest BCUT2D eigenvalue weighted by Crippen LogP contribution is 2.18. The number of carbonyl (C=O) groups is 1. The van der Waals surface area contributed by atoms with Crippen molar-refractivity contribution in [1.82, 2.24) is 15.0 Å². The maximum Gasteiger partial charge on any atom is 0.358 e. The summed E-state index contributed by atoms with van der Waals surface area (Å²) in [5, 5.41) is 16.5. The number of nitrogens with zero attached hydrogens (tertiary/aromatic N) is 3. The summed E-state index contributed by atoms with van der Waals surface area (Å²) in [6.07, 6.45) is 1.78. The Labute approximate surface area is 125 Å². The Kier molecular flexibility index (Phi) is 5.16. The largest absolute Gasteiger partial charge is 0.476 e. The number of hydrogen-bond donors (Lipinski definition) is 1. The van der Waals surface area contributed by atoms with Gasteiger partial charge in [0.1, 0.15) is 0 Å². The van der Waals surface area contributed by atoms with Crippen molar-refractivity contribution >= 4 is 5.97 Å². The van der Waals surface area contributed by atoms with E-state index in [1.54, 1.807) is 7.11 Å². The molecule has 0 unspecified atom stereocenters. The molecule has 0 bridgehead atoms. The van der Waals surface area contributed by atoms with Crippen LogP contribution < -0.4 is 0 Å². The van der Waals surface area contributed by atoms with Gasteiger partial charge in [0, 0.05) is 19.8 Å². The summed E-state index contributed by atoms with van der Waals surface area (Å²) in [7, 11) is 1.58. The fourth-order valence-electron chi connectivity index (χ4n) is 2.06. The van der Waals surface area contributed by atoms with Gasteiger partial charge in [-0.05, 0) is 31.4 Å². The molecule has 2 rings (SSSR count). The second kappa shape index (κ2) is 7.08. The third-order valence-electron chi connectivity index (χ3n) is 3.13.